The lowest BCUT2D eigenvalue weighted by atomic mass is 10.1. The predicted molar refractivity (Wildman–Crippen MR) is 104 cm³/mol. The molecule has 1 heterocycles. The number of aryl methyl sites for hydroxylation is 2. The number of hydrogen-bond acceptors (Lipinski definition) is 2. The van der Waals surface area contributed by atoms with E-state index in [1.54, 1.807) is 0 Å². The van der Waals surface area contributed by atoms with E-state index < -0.39 is 0 Å². The lowest BCUT2D eigenvalue weighted by molar-refractivity contribution is 0.102. The molecular formula is C22H28N2O. The zero-order valence-electron chi connectivity index (χ0n) is 15.3. The standard InChI is InChI=1S/C22H28N2O/c1-17-13-18(2)15-21(14-17)23-22(25)20-9-7-19(8-10-20)16-24-11-5-3-4-6-12-24/h7-10,13-15H,3-6,11-12,16H2,1-2H3,(H,23,25). The van der Waals surface area contributed by atoms with E-state index in [1.165, 1.54) is 44.3 Å². The summed E-state index contributed by atoms with van der Waals surface area (Å²) in [6, 6.07) is 14.1. The largest absolute Gasteiger partial charge is 0.322 e. The van der Waals surface area contributed by atoms with E-state index in [0.29, 0.717) is 5.56 Å². The van der Waals surface area contributed by atoms with Gasteiger partial charge in [-0.15, -0.1) is 0 Å². The number of likely N-dealkylation sites (tertiary alicyclic amines) is 1. The molecule has 0 saturated carbocycles. The first kappa shape index (κ1) is 17.7. The third-order valence-corrected chi connectivity index (χ3v) is 4.80. The van der Waals surface area contributed by atoms with Gasteiger partial charge < -0.3 is 5.32 Å². The highest BCUT2D eigenvalue weighted by Crippen LogP contribution is 2.17. The van der Waals surface area contributed by atoms with Gasteiger partial charge in [-0.2, -0.15) is 0 Å². The van der Waals surface area contributed by atoms with E-state index in [9.17, 15) is 4.79 Å². The molecule has 0 aliphatic carbocycles. The molecular weight excluding hydrogens is 308 g/mol. The van der Waals surface area contributed by atoms with Gasteiger partial charge in [0.15, 0.2) is 0 Å². The molecule has 1 fully saturated rings. The van der Waals surface area contributed by atoms with Crippen LogP contribution in [0.3, 0.4) is 0 Å². The number of amides is 1. The predicted octanol–water partition coefficient (Wildman–Crippen LogP) is 4.93. The number of rotatable bonds is 4. The molecule has 0 aromatic heterocycles. The molecule has 0 atom stereocenters. The number of hydrogen-bond donors (Lipinski definition) is 1. The molecule has 1 amide bonds. The van der Waals surface area contributed by atoms with Crippen LogP contribution in [0.5, 0.6) is 0 Å². The van der Waals surface area contributed by atoms with Gasteiger partial charge in [-0.05, 0) is 80.7 Å². The molecule has 3 nitrogen and oxygen atoms in total. The quantitative estimate of drug-likeness (QED) is 0.858. The van der Waals surface area contributed by atoms with Crippen LogP contribution in [-0.4, -0.2) is 23.9 Å². The van der Waals surface area contributed by atoms with Crippen LogP contribution >= 0.6 is 0 Å². The first-order valence-corrected chi connectivity index (χ1v) is 9.31. The van der Waals surface area contributed by atoms with Crippen molar-refractivity contribution >= 4 is 11.6 Å². The summed E-state index contributed by atoms with van der Waals surface area (Å²) in [5, 5.41) is 3.00. The molecule has 2 aromatic carbocycles. The Morgan fingerprint density at radius 2 is 1.52 bits per heavy atom. The van der Waals surface area contributed by atoms with Gasteiger partial charge in [0, 0.05) is 17.8 Å². The van der Waals surface area contributed by atoms with Gasteiger partial charge in [-0.1, -0.05) is 31.0 Å². The van der Waals surface area contributed by atoms with Crippen LogP contribution in [0.25, 0.3) is 0 Å². The SMILES string of the molecule is Cc1cc(C)cc(NC(=O)c2ccc(CN3CCCCCC3)cc2)c1. The molecule has 0 unspecified atom stereocenters. The molecule has 25 heavy (non-hydrogen) atoms. The average molecular weight is 336 g/mol. The maximum absolute atomic E-state index is 12.5. The highest BCUT2D eigenvalue weighted by atomic mass is 16.1. The summed E-state index contributed by atoms with van der Waals surface area (Å²) in [5.74, 6) is -0.0497. The lowest BCUT2D eigenvalue weighted by Gasteiger charge is -2.19. The first-order valence-electron chi connectivity index (χ1n) is 9.31. The van der Waals surface area contributed by atoms with E-state index in [0.717, 1.165) is 23.4 Å². The summed E-state index contributed by atoms with van der Waals surface area (Å²) in [6.07, 6.45) is 5.31. The fourth-order valence-electron chi connectivity index (χ4n) is 3.56. The van der Waals surface area contributed by atoms with Crippen molar-refractivity contribution in [1.82, 2.24) is 4.90 Å². The van der Waals surface area contributed by atoms with Crippen LogP contribution in [0.4, 0.5) is 5.69 Å². The molecule has 0 spiro atoms. The Hall–Kier alpha value is -2.13. The Labute approximate surface area is 151 Å². The van der Waals surface area contributed by atoms with E-state index in [4.69, 9.17) is 0 Å². The zero-order valence-corrected chi connectivity index (χ0v) is 15.3. The van der Waals surface area contributed by atoms with Crippen molar-refractivity contribution in [1.29, 1.82) is 0 Å². The van der Waals surface area contributed by atoms with E-state index >= 15 is 0 Å². The van der Waals surface area contributed by atoms with Crippen LogP contribution in [0.2, 0.25) is 0 Å². The van der Waals surface area contributed by atoms with Crippen molar-refractivity contribution < 1.29 is 4.79 Å². The number of carbonyl (C=O) groups excluding carboxylic acids is 1. The van der Waals surface area contributed by atoms with Gasteiger partial charge in [0.25, 0.3) is 5.91 Å². The van der Waals surface area contributed by atoms with Gasteiger partial charge in [0.2, 0.25) is 0 Å². The minimum Gasteiger partial charge on any atom is -0.322 e. The van der Waals surface area contributed by atoms with E-state index in [2.05, 4.69) is 28.4 Å². The van der Waals surface area contributed by atoms with Crippen LogP contribution < -0.4 is 5.32 Å². The molecule has 1 aliphatic heterocycles. The van der Waals surface area contributed by atoms with Crippen LogP contribution in [0.1, 0.15) is 52.7 Å². The Morgan fingerprint density at radius 1 is 0.920 bits per heavy atom. The summed E-state index contributed by atoms with van der Waals surface area (Å²) in [4.78, 5) is 15.0. The summed E-state index contributed by atoms with van der Waals surface area (Å²) in [5.41, 5.74) is 5.16. The summed E-state index contributed by atoms with van der Waals surface area (Å²) in [7, 11) is 0. The highest BCUT2D eigenvalue weighted by molar-refractivity contribution is 6.04. The van der Waals surface area contributed by atoms with Gasteiger partial charge in [0.05, 0.1) is 0 Å². The second kappa shape index (κ2) is 8.30. The number of benzene rings is 2. The molecule has 3 rings (SSSR count). The number of anilines is 1. The number of nitrogens with one attached hydrogen (secondary N) is 1. The van der Waals surface area contributed by atoms with Gasteiger partial charge in [-0.3, -0.25) is 9.69 Å². The fraction of sp³-hybridized carbons (Fsp3) is 0.409. The van der Waals surface area contributed by atoms with Crippen LogP contribution in [0, 0.1) is 13.8 Å². The Kier molecular flexibility index (Phi) is 5.87. The fourth-order valence-corrected chi connectivity index (χ4v) is 3.56. The Bertz CT molecular complexity index is 693. The van der Waals surface area contributed by atoms with Crippen molar-refractivity contribution in [2.75, 3.05) is 18.4 Å². The molecule has 1 aliphatic rings. The summed E-state index contributed by atoms with van der Waals surface area (Å²) >= 11 is 0. The summed E-state index contributed by atoms with van der Waals surface area (Å²) < 4.78 is 0. The second-order valence-corrected chi connectivity index (χ2v) is 7.22. The Balaban J connectivity index is 1.61. The second-order valence-electron chi connectivity index (χ2n) is 7.22. The maximum Gasteiger partial charge on any atom is 0.255 e. The molecule has 3 heteroatoms. The van der Waals surface area contributed by atoms with Crippen molar-refractivity contribution in [2.45, 2.75) is 46.1 Å². The molecule has 0 bridgehead atoms. The molecule has 2 aromatic rings. The number of nitrogens with zero attached hydrogens (tertiary/aromatic N) is 1. The zero-order chi connectivity index (χ0) is 17.6. The minimum absolute atomic E-state index is 0.0497. The molecule has 1 saturated heterocycles. The molecule has 132 valence electrons. The monoisotopic (exact) mass is 336 g/mol. The minimum atomic E-state index is -0.0497. The normalized spacial score (nSPS) is 15.6. The highest BCUT2D eigenvalue weighted by Gasteiger charge is 2.11. The van der Waals surface area contributed by atoms with Crippen molar-refractivity contribution in [3.8, 4) is 0 Å². The smallest absolute Gasteiger partial charge is 0.255 e. The van der Waals surface area contributed by atoms with Crippen molar-refractivity contribution in [3.63, 3.8) is 0 Å². The summed E-state index contributed by atoms with van der Waals surface area (Å²) in [6.45, 7) is 7.45. The third-order valence-electron chi connectivity index (χ3n) is 4.80. The third kappa shape index (κ3) is 5.17. The van der Waals surface area contributed by atoms with E-state index in [1.807, 2.05) is 38.1 Å². The van der Waals surface area contributed by atoms with Gasteiger partial charge in [-0.25, -0.2) is 0 Å². The van der Waals surface area contributed by atoms with Crippen molar-refractivity contribution in [3.05, 3.63) is 64.7 Å². The molecule has 0 radical (unpaired) electrons. The van der Waals surface area contributed by atoms with Gasteiger partial charge >= 0.3 is 0 Å². The average Bonchev–Trinajstić information content (AvgIpc) is 2.83. The van der Waals surface area contributed by atoms with Gasteiger partial charge in [0.1, 0.15) is 0 Å². The lowest BCUT2D eigenvalue weighted by Crippen LogP contribution is -2.24. The van der Waals surface area contributed by atoms with Crippen LogP contribution in [-0.2, 0) is 6.54 Å². The maximum atomic E-state index is 12.5. The topological polar surface area (TPSA) is 32.3 Å². The first-order chi connectivity index (χ1) is 12.1. The van der Waals surface area contributed by atoms with E-state index in [-0.39, 0.29) is 5.91 Å². The van der Waals surface area contributed by atoms with Crippen molar-refractivity contribution in [2.24, 2.45) is 0 Å². The molecule has 1 N–H and O–H groups in total. The Morgan fingerprint density at radius 3 is 2.12 bits per heavy atom. The number of carbonyl (C=O) groups is 1. The van der Waals surface area contributed by atoms with Crippen LogP contribution in [0.15, 0.2) is 42.5 Å².